The van der Waals surface area contributed by atoms with Gasteiger partial charge < -0.3 is 25.6 Å². The van der Waals surface area contributed by atoms with Gasteiger partial charge in [0.05, 0.1) is 5.41 Å². The number of terminal acetylenes is 1. The Kier molecular flexibility index (Phi) is 6.65. The van der Waals surface area contributed by atoms with Gasteiger partial charge in [-0.15, -0.1) is 12.3 Å². The summed E-state index contributed by atoms with van der Waals surface area (Å²) in [5.74, 6) is 1.01. The minimum atomic E-state index is -0.949. The highest BCUT2D eigenvalue weighted by Crippen LogP contribution is 2.32. The quantitative estimate of drug-likeness (QED) is 0.539. The number of amides is 4. The van der Waals surface area contributed by atoms with Crippen molar-refractivity contribution in [3.8, 4) is 12.3 Å². The molecule has 3 N–H and O–H groups in total. The number of hydrogen-bond acceptors (Lipinski definition) is 5. The highest BCUT2D eigenvalue weighted by Gasteiger charge is 2.46. The van der Waals surface area contributed by atoms with E-state index in [0.29, 0.717) is 31.6 Å². The number of ether oxygens (including phenoxy) is 1. The number of rotatable bonds is 2. The lowest BCUT2D eigenvalue weighted by Gasteiger charge is -2.37. The van der Waals surface area contributed by atoms with E-state index in [1.165, 1.54) is 4.90 Å². The summed E-state index contributed by atoms with van der Waals surface area (Å²) >= 11 is 0. The second-order valence-corrected chi connectivity index (χ2v) is 8.83. The fourth-order valence-electron chi connectivity index (χ4n) is 4.72. The van der Waals surface area contributed by atoms with E-state index in [-0.39, 0.29) is 43.8 Å². The van der Waals surface area contributed by atoms with Crippen molar-refractivity contribution in [1.29, 1.82) is 0 Å². The van der Waals surface area contributed by atoms with Crippen LogP contribution in [0.25, 0.3) is 0 Å². The zero-order chi connectivity index (χ0) is 23.4. The summed E-state index contributed by atoms with van der Waals surface area (Å²) in [7, 11) is 0. The van der Waals surface area contributed by atoms with E-state index < -0.39 is 29.3 Å². The molecular formula is C24H28N4O5. The highest BCUT2D eigenvalue weighted by molar-refractivity contribution is 5.99. The molecule has 9 heteroatoms. The van der Waals surface area contributed by atoms with Gasteiger partial charge in [0.15, 0.2) is 0 Å². The van der Waals surface area contributed by atoms with E-state index in [2.05, 4.69) is 21.9 Å². The minimum Gasteiger partial charge on any atom is -0.381 e. The zero-order valence-electron chi connectivity index (χ0n) is 18.3. The Bertz CT molecular complexity index is 967. The van der Waals surface area contributed by atoms with Crippen molar-refractivity contribution in [3.63, 3.8) is 0 Å². The van der Waals surface area contributed by atoms with Crippen molar-refractivity contribution in [1.82, 2.24) is 20.9 Å². The van der Waals surface area contributed by atoms with Gasteiger partial charge in [-0.2, -0.15) is 0 Å². The molecule has 3 saturated heterocycles. The van der Waals surface area contributed by atoms with Crippen LogP contribution in [0.3, 0.4) is 0 Å². The fourth-order valence-corrected chi connectivity index (χ4v) is 4.72. The molecule has 4 amide bonds. The van der Waals surface area contributed by atoms with Crippen molar-refractivity contribution in [3.05, 3.63) is 35.9 Å². The maximum absolute atomic E-state index is 13.4. The standard InChI is InChI=1S/C24H28N4O5/c1-2-6-18-20(29)25-15-24(9-11-33-12-10-24)23(32)26-17-13-19(21(30)27-18)28(14-17)22(31)16-7-4-3-5-8-16/h1,3-5,7-8,17-19H,6,9-15H2,(H,25,29)(H,26,32)(H,27,30)/t17-,18-,19+/m1/s1. The highest BCUT2D eigenvalue weighted by atomic mass is 16.5. The summed E-state index contributed by atoms with van der Waals surface area (Å²) in [4.78, 5) is 54.1. The normalized spacial score (nSPS) is 27.4. The average Bonchev–Trinajstić information content (AvgIpc) is 3.26. The van der Waals surface area contributed by atoms with Gasteiger partial charge in [0.1, 0.15) is 12.1 Å². The molecule has 3 fully saturated rings. The third kappa shape index (κ3) is 4.71. The lowest BCUT2D eigenvalue weighted by molar-refractivity contribution is -0.139. The number of likely N-dealkylation sites (tertiary alicyclic amines) is 1. The maximum atomic E-state index is 13.4. The fraction of sp³-hybridized carbons (Fsp3) is 0.500. The van der Waals surface area contributed by atoms with E-state index in [4.69, 9.17) is 11.2 Å². The molecule has 174 valence electrons. The van der Waals surface area contributed by atoms with Gasteiger partial charge in [-0.05, 0) is 31.4 Å². The van der Waals surface area contributed by atoms with Gasteiger partial charge in [-0.25, -0.2) is 0 Å². The predicted molar refractivity (Wildman–Crippen MR) is 119 cm³/mol. The number of nitrogens with one attached hydrogen (secondary N) is 3. The van der Waals surface area contributed by atoms with Crippen LogP contribution in [-0.4, -0.2) is 73.0 Å². The molecule has 0 aliphatic carbocycles. The number of carbonyl (C=O) groups excluding carboxylic acids is 4. The molecule has 9 nitrogen and oxygen atoms in total. The van der Waals surface area contributed by atoms with Crippen LogP contribution in [0.15, 0.2) is 30.3 Å². The van der Waals surface area contributed by atoms with E-state index in [0.717, 1.165) is 0 Å². The Hall–Kier alpha value is -3.38. The molecule has 3 heterocycles. The first-order valence-electron chi connectivity index (χ1n) is 11.2. The van der Waals surface area contributed by atoms with Gasteiger partial charge in [-0.3, -0.25) is 19.2 Å². The molecule has 3 aliphatic heterocycles. The van der Waals surface area contributed by atoms with Crippen LogP contribution >= 0.6 is 0 Å². The maximum Gasteiger partial charge on any atom is 0.254 e. The molecule has 33 heavy (non-hydrogen) atoms. The molecule has 1 aromatic rings. The van der Waals surface area contributed by atoms with Gasteiger partial charge in [0.2, 0.25) is 17.7 Å². The molecule has 3 atom stereocenters. The van der Waals surface area contributed by atoms with Crippen molar-refractivity contribution >= 4 is 23.6 Å². The predicted octanol–water partition coefficient (Wildman–Crippen LogP) is -0.179. The lowest BCUT2D eigenvalue weighted by atomic mass is 9.78. The summed E-state index contributed by atoms with van der Waals surface area (Å²) in [6.07, 6.45) is 6.63. The summed E-state index contributed by atoms with van der Waals surface area (Å²) < 4.78 is 5.45. The Morgan fingerprint density at radius 1 is 1.12 bits per heavy atom. The molecule has 0 unspecified atom stereocenters. The number of fused-ring (bicyclic) bond motifs is 2. The molecule has 2 bridgehead atoms. The largest absolute Gasteiger partial charge is 0.381 e. The molecule has 0 radical (unpaired) electrons. The monoisotopic (exact) mass is 452 g/mol. The lowest BCUT2D eigenvalue weighted by Crippen LogP contribution is -2.57. The van der Waals surface area contributed by atoms with Crippen LogP contribution in [0.5, 0.6) is 0 Å². The molecule has 1 spiro atoms. The van der Waals surface area contributed by atoms with E-state index in [1.54, 1.807) is 30.3 Å². The SMILES string of the molecule is C#CC[C@H]1NC(=O)[C@@H]2C[C@H](CN2C(=O)c2ccccc2)NC(=O)C2(CCOCC2)CNC1=O. The number of benzene rings is 1. The second-order valence-electron chi connectivity index (χ2n) is 8.83. The van der Waals surface area contributed by atoms with E-state index >= 15 is 0 Å². The van der Waals surface area contributed by atoms with E-state index in [1.807, 2.05) is 0 Å². The van der Waals surface area contributed by atoms with Gasteiger partial charge in [-0.1, -0.05) is 18.2 Å². The number of carbonyl (C=O) groups is 4. The van der Waals surface area contributed by atoms with Gasteiger partial charge >= 0.3 is 0 Å². The third-order valence-corrected chi connectivity index (χ3v) is 6.71. The van der Waals surface area contributed by atoms with Crippen molar-refractivity contribution in [2.45, 2.75) is 43.8 Å². The van der Waals surface area contributed by atoms with Crippen LogP contribution in [0.1, 0.15) is 36.0 Å². The number of hydrogen-bond donors (Lipinski definition) is 3. The molecule has 4 rings (SSSR count). The van der Waals surface area contributed by atoms with Crippen molar-refractivity contribution in [2.24, 2.45) is 5.41 Å². The second kappa shape index (κ2) is 9.63. The van der Waals surface area contributed by atoms with Crippen LogP contribution in [0.2, 0.25) is 0 Å². The number of nitrogens with zero attached hydrogens (tertiary/aromatic N) is 1. The third-order valence-electron chi connectivity index (χ3n) is 6.71. The Morgan fingerprint density at radius 3 is 2.55 bits per heavy atom. The molecule has 0 saturated carbocycles. The summed E-state index contributed by atoms with van der Waals surface area (Å²) in [5.41, 5.74) is -0.366. The van der Waals surface area contributed by atoms with Crippen molar-refractivity contribution in [2.75, 3.05) is 26.3 Å². The first-order chi connectivity index (χ1) is 15.9. The molecule has 0 aromatic heterocycles. The molecule has 3 aliphatic rings. The molecule has 1 aromatic carbocycles. The molecular weight excluding hydrogens is 424 g/mol. The topological polar surface area (TPSA) is 117 Å². The van der Waals surface area contributed by atoms with Crippen LogP contribution in [0, 0.1) is 17.8 Å². The van der Waals surface area contributed by atoms with E-state index in [9.17, 15) is 19.2 Å². The summed E-state index contributed by atoms with van der Waals surface area (Å²) in [6.45, 7) is 1.16. The summed E-state index contributed by atoms with van der Waals surface area (Å²) in [6, 6.07) is 6.51. The Labute approximate surface area is 192 Å². The first kappa shape index (κ1) is 22.8. The Morgan fingerprint density at radius 2 is 1.85 bits per heavy atom. The van der Waals surface area contributed by atoms with Crippen LogP contribution in [-0.2, 0) is 19.1 Å². The van der Waals surface area contributed by atoms with Gasteiger partial charge in [0.25, 0.3) is 5.91 Å². The zero-order valence-corrected chi connectivity index (χ0v) is 18.3. The van der Waals surface area contributed by atoms with Crippen LogP contribution in [0.4, 0.5) is 0 Å². The average molecular weight is 453 g/mol. The Balaban J connectivity index is 1.66. The summed E-state index contributed by atoms with van der Waals surface area (Å²) in [5, 5.41) is 8.58. The van der Waals surface area contributed by atoms with Crippen LogP contribution < -0.4 is 16.0 Å². The van der Waals surface area contributed by atoms with Gasteiger partial charge in [0, 0.05) is 44.3 Å². The first-order valence-corrected chi connectivity index (χ1v) is 11.2. The van der Waals surface area contributed by atoms with Crippen molar-refractivity contribution < 1.29 is 23.9 Å². The smallest absolute Gasteiger partial charge is 0.254 e. The minimum absolute atomic E-state index is 0.00264.